The van der Waals surface area contributed by atoms with Gasteiger partial charge in [-0.25, -0.2) is 4.39 Å². The van der Waals surface area contributed by atoms with Gasteiger partial charge in [0.25, 0.3) is 11.3 Å². The summed E-state index contributed by atoms with van der Waals surface area (Å²) in [7, 11) is 0. The summed E-state index contributed by atoms with van der Waals surface area (Å²) in [5.74, 6) is -2.62. The Balaban J connectivity index is 1.61. The average molecular weight is 466 g/mol. The summed E-state index contributed by atoms with van der Waals surface area (Å²) in [4.78, 5) is 25.2. The van der Waals surface area contributed by atoms with Crippen molar-refractivity contribution >= 4 is 5.91 Å². The van der Waals surface area contributed by atoms with E-state index in [1.54, 1.807) is 0 Å². The Hall–Kier alpha value is -3.68. The molecule has 3 aromatic rings. The smallest absolute Gasteiger partial charge is 0.276 e. The highest BCUT2D eigenvalue weighted by atomic mass is 19.1. The van der Waals surface area contributed by atoms with E-state index in [0.717, 1.165) is 30.9 Å². The van der Waals surface area contributed by atoms with Crippen LogP contribution in [0.25, 0.3) is 0 Å². The van der Waals surface area contributed by atoms with Crippen molar-refractivity contribution in [2.75, 3.05) is 0 Å². The highest BCUT2D eigenvalue weighted by Gasteiger charge is 2.44. The molecule has 1 saturated carbocycles. The quantitative estimate of drug-likeness (QED) is 0.513. The highest BCUT2D eigenvalue weighted by Crippen LogP contribution is 2.51. The monoisotopic (exact) mass is 465 g/mol. The van der Waals surface area contributed by atoms with Gasteiger partial charge >= 0.3 is 0 Å². The van der Waals surface area contributed by atoms with Crippen LogP contribution in [0.2, 0.25) is 0 Å². The normalized spacial score (nSPS) is 19.1. The van der Waals surface area contributed by atoms with Crippen molar-refractivity contribution in [2.45, 2.75) is 51.6 Å². The standard InChI is InChI=1S/C26H28FN3O4/c1-25(2)10-11-26(15-25,18-6-4-3-5-7-18)16-30-14-21(32)23(33)22(29-30)24(34)28-13-17-8-9-19(27)20(31)12-17/h3-9,12,14,31-32H,10-11,13,15-16H2,1-2H3,(H,28,34). The van der Waals surface area contributed by atoms with E-state index in [1.165, 1.54) is 23.0 Å². The number of nitrogens with zero attached hydrogens (tertiary/aromatic N) is 2. The van der Waals surface area contributed by atoms with E-state index >= 15 is 0 Å². The zero-order valence-corrected chi connectivity index (χ0v) is 19.2. The molecule has 1 unspecified atom stereocenters. The van der Waals surface area contributed by atoms with Crippen LogP contribution < -0.4 is 10.7 Å². The molecule has 4 rings (SSSR count). The lowest BCUT2D eigenvalue weighted by Gasteiger charge is -2.32. The lowest BCUT2D eigenvalue weighted by Crippen LogP contribution is -2.35. The Labute approximate surface area is 196 Å². The second-order valence-corrected chi connectivity index (χ2v) is 9.85. The van der Waals surface area contributed by atoms with Gasteiger partial charge in [0.15, 0.2) is 23.0 Å². The number of halogens is 1. The van der Waals surface area contributed by atoms with Crippen molar-refractivity contribution < 1.29 is 19.4 Å². The molecule has 0 saturated heterocycles. The van der Waals surface area contributed by atoms with Crippen molar-refractivity contribution in [1.29, 1.82) is 0 Å². The first-order valence-electron chi connectivity index (χ1n) is 11.2. The first-order valence-corrected chi connectivity index (χ1v) is 11.2. The van der Waals surface area contributed by atoms with Gasteiger partial charge in [-0.1, -0.05) is 50.2 Å². The van der Waals surface area contributed by atoms with Gasteiger partial charge in [0.1, 0.15) is 0 Å². The van der Waals surface area contributed by atoms with Gasteiger partial charge in [0, 0.05) is 12.0 Å². The van der Waals surface area contributed by atoms with Gasteiger partial charge in [-0.3, -0.25) is 14.3 Å². The summed E-state index contributed by atoms with van der Waals surface area (Å²) < 4.78 is 14.7. The number of rotatable bonds is 6. The molecule has 34 heavy (non-hydrogen) atoms. The van der Waals surface area contributed by atoms with E-state index in [0.29, 0.717) is 12.1 Å². The molecule has 1 heterocycles. The average Bonchev–Trinajstić information content (AvgIpc) is 3.12. The molecule has 8 heteroatoms. The van der Waals surface area contributed by atoms with Crippen LogP contribution in [0.5, 0.6) is 11.5 Å². The third kappa shape index (κ3) is 4.81. The second-order valence-electron chi connectivity index (χ2n) is 9.85. The molecule has 1 atom stereocenters. The Morgan fingerprint density at radius 1 is 1.12 bits per heavy atom. The van der Waals surface area contributed by atoms with Crippen LogP contribution in [0.15, 0.2) is 59.5 Å². The van der Waals surface area contributed by atoms with Crippen molar-refractivity contribution in [3.8, 4) is 11.5 Å². The topological polar surface area (TPSA) is 104 Å². The summed E-state index contributed by atoms with van der Waals surface area (Å²) in [6.07, 6.45) is 4.10. The maximum absolute atomic E-state index is 13.3. The van der Waals surface area contributed by atoms with E-state index in [1.807, 2.05) is 18.2 Å². The summed E-state index contributed by atoms with van der Waals surface area (Å²) in [5.41, 5.74) is 0.186. The Morgan fingerprint density at radius 3 is 2.50 bits per heavy atom. The minimum atomic E-state index is -0.865. The molecule has 7 nitrogen and oxygen atoms in total. The molecule has 0 aliphatic heterocycles. The molecule has 3 N–H and O–H groups in total. The first-order chi connectivity index (χ1) is 16.1. The van der Waals surface area contributed by atoms with Gasteiger partial charge in [0.05, 0.1) is 12.7 Å². The van der Waals surface area contributed by atoms with Crippen LogP contribution in [0.1, 0.15) is 54.7 Å². The number of benzene rings is 2. The molecule has 178 valence electrons. The first kappa shape index (κ1) is 23.5. The second kappa shape index (κ2) is 8.93. The number of amides is 1. The van der Waals surface area contributed by atoms with E-state index < -0.39 is 34.3 Å². The van der Waals surface area contributed by atoms with Crippen molar-refractivity contribution in [1.82, 2.24) is 15.1 Å². The highest BCUT2D eigenvalue weighted by molar-refractivity contribution is 5.92. The van der Waals surface area contributed by atoms with E-state index in [2.05, 4.69) is 36.4 Å². The summed E-state index contributed by atoms with van der Waals surface area (Å²) in [6.45, 7) is 4.80. The van der Waals surface area contributed by atoms with E-state index in [9.17, 15) is 24.2 Å². The van der Waals surface area contributed by atoms with Crippen LogP contribution in [0.3, 0.4) is 0 Å². The van der Waals surface area contributed by atoms with Crippen molar-refractivity contribution in [2.24, 2.45) is 5.41 Å². The fourth-order valence-corrected chi connectivity index (χ4v) is 4.93. The predicted molar refractivity (Wildman–Crippen MR) is 125 cm³/mol. The predicted octanol–water partition coefficient (Wildman–Crippen LogP) is 3.87. The molecule has 1 aliphatic carbocycles. The number of aromatic hydroxyl groups is 2. The maximum atomic E-state index is 13.3. The van der Waals surface area contributed by atoms with Gasteiger partial charge in [0.2, 0.25) is 0 Å². The zero-order valence-electron chi connectivity index (χ0n) is 19.2. The molecular weight excluding hydrogens is 437 g/mol. The Kier molecular flexibility index (Phi) is 6.17. The Morgan fingerprint density at radius 2 is 1.85 bits per heavy atom. The van der Waals surface area contributed by atoms with Crippen LogP contribution >= 0.6 is 0 Å². The molecule has 2 aromatic carbocycles. The third-order valence-corrected chi connectivity index (χ3v) is 6.57. The van der Waals surface area contributed by atoms with Crippen LogP contribution in [-0.4, -0.2) is 25.9 Å². The zero-order chi connectivity index (χ0) is 24.5. The molecular formula is C26H28FN3O4. The number of phenolic OH excluding ortho intramolecular Hbond substituents is 1. The Bertz CT molecular complexity index is 1270. The minimum Gasteiger partial charge on any atom is -0.505 e. The number of carbonyl (C=O) groups excluding carboxylic acids is 1. The van der Waals surface area contributed by atoms with Crippen LogP contribution in [-0.2, 0) is 18.5 Å². The fraction of sp³-hybridized carbons (Fsp3) is 0.346. The van der Waals surface area contributed by atoms with Gasteiger partial charge in [-0.05, 0) is 47.9 Å². The molecule has 1 amide bonds. The van der Waals surface area contributed by atoms with Crippen LogP contribution in [0.4, 0.5) is 4.39 Å². The fourth-order valence-electron chi connectivity index (χ4n) is 4.93. The molecule has 1 fully saturated rings. The number of carbonyl (C=O) groups is 1. The van der Waals surface area contributed by atoms with Gasteiger partial charge in [-0.2, -0.15) is 5.10 Å². The summed E-state index contributed by atoms with van der Waals surface area (Å²) in [5, 5.41) is 26.6. The number of hydrogen-bond acceptors (Lipinski definition) is 5. The van der Waals surface area contributed by atoms with Crippen molar-refractivity contribution in [3.63, 3.8) is 0 Å². The van der Waals surface area contributed by atoms with Crippen molar-refractivity contribution in [3.05, 3.63) is 87.6 Å². The number of phenols is 1. The van der Waals surface area contributed by atoms with Gasteiger partial charge in [-0.15, -0.1) is 0 Å². The maximum Gasteiger partial charge on any atom is 0.276 e. The molecule has 0 radical (unpaired) electrons. The van der Waals surface area contributed by atoms with E-state index in [-0.39, 0.29) is 17.4 Å². The number of aromatic nitrogens is 2. The lowest BCUT2D eigenvalue weighted by atomic mass is 9.76. The lowest BCUT2D eigenvalue weighted by molar-refractivity contribution is 0.0940. The number of hydrogen-bond donors (Lipinski definition) is 3. The summed E-state index contributed by atoms with van der Waals surface area (Å²) >= 11 is 0. The number of nitrogens with one attached hydrogen (secondary N) is 1. The third-order valence-electron chi connectivity index (χ3n) is 6.57. The largest absolute Gasteiger partial charge is 0.505 e. The SMILES string of the molecule is CC1(C)CCC(Cn2cc(O)c(=O)c(C(=O)NCc3ccc(F)c(O)c3)n2)(c2ccccc2)C1. The summed E-state index contributed by atoms with van der Waals surface area (Å²) in [6, 6.07) is 13.8. The minimum absolute atomic E-state index is 0.0500. The molecule has 0 spiro atoms. The van der Waals surface area contributed by atoms with Crippen LogP contribution in [0, 0.1) is 11.2 Å². The van der Waals surface area contributed by atoms with Gasteiger partial charge < -0.3 is 15.5 Å². The molecule has 1 aromatic heterocycles. The van der Waals surface area contributed by atoms with E-state index in [4.69, 9.17) is 0 Å². The molecule has 1 aliphatic rings. The molecule has 0 bridgehead atoms.